The standard InChI is InChI=1S/C12H18O3S/c13-10-4-1-2-5-11(10)12(6-3-9-16-11)14-7-8-15-12/h1-9H2. The summed E-state index contributed by atoms with van der Waals surface area (Å²) < 4.78 is 11.4. The summed E-state index contributed by atoms with van der Waals surface area (Å²) in [5.74, 6) is 0.860. The van der Waals surface area contributed by atoms with Gasteiger partial charge < -0.3 is 9.47 Å². The Bertz CT molecular complexity index is 293. The van der Waals surface area contributed by atoms with Gasteiger partial charge in [0.2, 0.25) is 0 Å². The van der Waals surface area contributed by atoms with E-state index >= 15 is 0 Å². The maximum absolute atomic E-state index is 12.4. The zero-order valence-electron chi connectivity index (χ0n) is 9.50. The third-order valence-corrected chi connectivity index (χ3v) is 5.73. The molecule has 16 heavy (non-hydrogen) atoms. The normalized spacial score (nSPS) is 38.4. The van der Waals surface area contributed by atoms with Gasteiger partial charge in [0, 0.05) is 12.8 Å². The molecule has 2 aliphatic heterocycles. The molecule has 1 unspecified atom stereocenters. The van der Waals surface area contributed by atoms with Crippen LogP contribution in [0.4, 0.5) is 0 Å². The predicted octanol–water partition coefficient (Wildman–Crippen LogP) is 2.14. The number of ether oxygens (including phenoxy) is 2. The number of hydrogen-bond acceptors (Lipinski definition) is 4. The first-order valence-corrected chi connectivity index (χ1v) is 7.23. The van der Waals surface area contributed by atoms with Crippen LogP contribution in [-0.2, 0) is 14.3 Å². The summed E-state index contributed by atoms with van der Waals surface area (Å²) in [5.41, 5.74) is 0. The highest BCUT2D eigenvalue weighted by Crippen LogP contribution is 2.54. The van der Waals surface area contributed by atoms with Crippen LogP contribution in [-0.4, -0.2) is 35.3 Å². The van der Waals surface area contributed by atoms with Crippen molar-refractivity contribution in [1.82, 2.24) is 0 Å². The second kappa shape index (κ2) is 4.00. The van der Waals surface area contributed by atoms with Gasteiger partial charge in [-0.05, 0) is 25.0 Å². The molecule has 4 heteroatoms. The molecule has 3 aliphatic rings. The van der Waals surface area contributed by atoms with Crippen LogP contribution in [0, 0.1) is 0 Å². The Morgan fingerprint density at radius 2 is 1.88 bits per heavy atom. The van der Waals surface area contributed by atoms with Gasteiger partial charge in [0.1, 0.15) is 4.75 Å². The van der Waals surface area contributed by atoms with Crippen LogP contribution < -0.4 is 0 Å². The minimum atomic E-state index is -0.576. The molecule has 0 aromatic heterocycles. The van der Waals surface area contributed by atoms with Gasteiger partial charge in [-0.3, -0.25) is 4.79 Å². The Balaban J connectivity index is 1.97. The van der Waals surface area contributed by atoms with Crippen LogP contribution in [0.5, 0.6) is 0 Å². The maximum atomic E-state index is 12.4. The van der Waals surface area contributed by atoms with Crippen LogP contribution >= 0.6 is 11.8 Å². The molecule has 2 saturated heterocycles. The second-order valence-corrected chi connectivity index (χ2v) is 6.25. The van der Waals surface area contributed by atoms with Gasteiger partial charge in [0.25, 0.3) is 0 Å². The highest BCUT2D eigenvalue weighted by Gasteiger charge is 2.61. The van der Waals surface area contributed by atoms with E-state index in [1.165, 1.54) is 0 Å². The first kappa shape index (κ1) is 11.1. The van der Waals surface area contributed by atoms with Crippen molar-refractivity contribution in [2.75, 3.05) is 19.0 Å². The third-order valence-electron chi connectivity index (χ3n) is 4.00. The number of carbonyl (C=O) groups is 1. The van der Waals surface area contributed by atoms with Crippen molar-refractivity contribution in [2.24, 2.45) is 0 Å². The number of carbonyl (C=O) groups excluding carboxylic acids is 1. The number of ketones is 1. The summed E-state index contributed by atoms with van der Waals surface area (Å²) in [6.07, 6.45) is 5.81. The Morgan fingerprint density at radius 3 is 2.62 bits per heavy atom. The molecule has 1 aliphatic carbocycles. The molecule has 2 heterocycles. The molecule has 0 amide bonds. The predicted molar refractivity (Wildman–Crippen MR) is 62.5 cm³/mol. The molecule has 3 nitrogen and oxygen atoms in total. The van der Waals surface area contributed by atoms with Crippen LogP contribution in [0.1, 0.15) is 38.5 Å². The van der Waals surface area contributed by atoms with E-state index in [1.807, 2.05) is 0 Å². The third kappa shape index (κ3) is 1.39. The van der Waals surface area contributed by atoms with E-state index in [0.29, 0.717) is 25.4 Å². The van der Waals surface area contributed by atoms with E-state index in [0.717, 1.165) is 37.9 Å². The average Bonchev–Trinajstić information content (AvgIpc) is 2.76. The average molecular weight is 242 g/mol. The number of fused-ring (bicyclic) bond motifs is 1. The molecule has 0 bridgehead atoms. The molecule has 3 rings (SSSR count). The van der Waals surface area contributed by atoms with Crippen molar-refractivity contribution in [1.29, 1.82) is 0 Å². The van der Waals surface area contributed by atoms with E-state index in [9.17, 15) is 4.79 Å². The lowest BCUT2D eigenvalue weighted by molar-refractivity contribution is -0.195. The van der Waals surface area contributed by atoms with E-state index in [1.54, 1.807) is 11.8 Å². The summed E-state index contributed by atoms with van der Waals surface area (Å²) in [6, 6.07) is 0. The van der Waals surface area contributed by atoms with Crippen molar-refractivity contribution in [3.8, 4) is 0 Å². The molecule has 3 fully saturated rings. The molecule has 1 atom stereocenters. The first-order chi connectivity index (χ1) is 7.79. The van der Waals surface area contributed by atoms with Crippen molar-refractivity contribution >= 4 is 17.5 Å². The zero-order chi connectivity index (χ0) is 11.1. The second-order valence-electron chi connectivity index (χ2n) is 4.86. The fourth-order valence-electron chi connectivity index (χ4n) is 3.25. The van der Waals surface area contributed by atoms with Crippen LogP contribution in [0.3, 0.4) is 0 Å². The van der Waals surface area contributed by atoms with E-state index in [-0.39, 0.29) is 4.75 Å². The highest BCUT2D eigenvalue weighted by molar-refractivity contribution is 8.01. The molecule has 0 aromatic carbocycles. The molecule has 0 N–H and O–H groups in total. The summed E-state index contributed by atoms with van der Waals surface area (Å²) in [7, 11) is 0. The fourth-order valence-corrected chi connectivity index (χ4v) is 4.88. The Hall–Kier alpha value is -0.0600. The maximum Gasteiger partial charge on any atom is 0.190 e. The van der Waals surface area contributed by atoms with Gasteiger partial charge in [-0.25, -0.2) is 0 Å². The monoisotopic (exact) mass is 242 g/mol. The van der Waals surface area contributed by atoms with Crippen LogP contribution in [0.25, 0.3) is 0 Å². The topological polar surface area (TPSA) is 35.5 Å². The smallest absolute Gasteiger partial charge is 0.190 e. The van der Waals surface area contributed by atoms with E-state index in [2.05, 4.69) is 0 Å². The Labute approximate surface area is 100 Å². The SMILES string of the molecule is O=C1CCCCC12SCCCC21OCCO1. The van der Waals surface area contributed by atoms with Gasteiger partial charge in [-0.1, -0.05) is 6.42 Å². The van der Waals surface area contributed by atoms with E-state index in [4.69, 9.17) is 9.47 Å². The van der Waals surface area contributed by atoms with Gasteiger partial charge in [0.15, 0.2) is 11.6 Å². The lowest BCUT2D eigenvalue weighted by atomic mass is 9.78. The number of thioether (sulfide) groups is 1. The fraction of sp³-hybridized carbons (Fsp3) is 0.917. The molecule has 1 saturated carbocycles. The van der Waals surface area contributed by atoms with Gasteiger partial charge in [-0.15, -0.1) is 11.8 Å². The molecular formula is C12H18O3S. The summed E-state index contributed by atoms with van der Waals surface area (Å²) >= 11 is 1.79. The number of rotatable bonds is 0. The van der Waals surface area contributed by atoms with Crippen molar-refractivity contribution in [3.05, 3.63) is 0 Å². The minimum absolute atomic E-state index is 0.366. The van der Waals surface area contributed by atoms with Crippen molar-refractivity contribution < 1.29 is 14.3 Å². The zero-order valence-corrected chi connectivity index (χ0v) is 10.3. The Morgan fingerprint density at radius 1 is 1.06 bits per heavy atom. The lowest BCUT2D eigenvalue weighted by Crippen LogP contribution is -2.60. The minimum Gasteiger partial charge on any atom is -0.346 e. The number of hydrogen-bond donors (Lipinski definition) is 0. The Kier molecular flexibility index (Phi) is 2.76. The van der Waals surface area contributed by atoms with Crippen LogP contribution in [0.15, 0.2) is 0 Å². The van der Waals surface area contributed by atoms with Gasteiger partial charge in [-0.2, -0.15) is 0 Å². The molecule has 0 aromatic rings. The summed E-state index contributed by atoms with van der Waals surface area (Å²) in [4.78, 5) is 12.4. The molecular weight excluding hydrogens is 224 g/mol. The van der Waals surface area contributed by atoms with Crippen molar-refractivity contribution in [3.63, 3.8) is 0 Å². The number of Topliss-reactive ketones (excluding diaryl/α,β-unsaturated/α-hetero) is 1. The molecule has 2 spiro atoms. The lowest BCUT2D eigenvalue weighted by Gasteiger charge is -2.49. The quantitative estimate of drug-likeness (QED) is 0.652. The van der Waals surface area contributed by atoms with Crippen LogP contribution in [0.2, 0.25) is 0 Å². The van der Waals surface area contributed by atoms with Crippen molar-refractivity contribution in [2.45, 2.75) is 49.1 Å². The molecule has 0 radical (unpaired) electrons. The van der Waals surface area contributed by atoms with Gasteiger partial charge >= 0.3 is 0 Å². The summed E-state index contributed by atoms with van der Waals surface area (Å²) in [6.45, 7) is 1.30. The first-order valence-electron chi connectivity index (χ1n) is 6.24. The largest absolute Gasteiger partial charge is 0.346 e. The summed E-state index contributed by atoms with van der Waals surface area (Å²) in [5, 5.41) is 0. The highest BCUT2D eigenvalue weighted by atomic mass is 32.2. The van der Waals surface area contributed by atoms with Gasteiger partial charge in [0.05, 0.1) is 13.2 Å². The van der Waals surface area contributed by atoms with E-state index < -0.39 is 5.79 Å². The molecule has 90 valence electrons.